The van der Waals surface area contributed by atoms with Gasteiger partial charge in [0.05, 0.1) is 0 Å². The Morgan fingerprint density at radius 1 is 1.60 bits per heavy atom. The second-order valence-corrected chi connectivity index (χ2v) is 2.43. The third-order valence-electron chi connectivity index (χ3n) is 1.64. The monoisotopic (exact) mass is 135 g/mol. The van der Waals surface area contributed by atoms with E-state index in [1.807, 2.05) is 6.08 Å². The smallest absolute Gasteiger partial charge is 0.0241 e. The molecule has 0 aliphatic carbocycles. The molecule has 0 spiro atoms. The Morgan fingerprint density at radius 2 is 2.50 bits per heavy atom. The van der Waals surface area contributed by atoms with Crippen LogP contribution in [0.25, 0.3) is 0 Å². The highest BCUT2D eigenvalue weighted by Gasteiger charge is 2.01. The highest BCUT2D eigenvalue weighted by atomic mass is 15.1. The van der Waals surface area contributed by atoms with Crippen LogP contribution in [0, 0.1) is 0 Å². The van der Waals surface area contributed by atoms with Crippen molar-refractivity contribution >= 4 is 0 Å². The molecule has 1 heteroatoms. The van der Waals surface area contributed by atoms with Crippen LogP contribution in [0.1, 0.15) is 6.42 Å². The van der Waals surface area contributed by atoms with E-state index < -0.39 is 0 Å². The lowest BCUT2D eigenvalue weighted by atomic mass is 10.2. The van der Waals surface area contributed by atoms with Gasteiger partial charge in [0.2, 0.25) is 0 Å². The van der Waals surface area contributed by atoms with Gasteiger partial charge in [-0.3, -0.25) is 4.90 Å². The molecule has 0 aromatic carbocycles. The highest BCUT2D eigenvalue weighted by molar-refractivity contribution is 4.93. The Morgan fingerprint density at radius 3 is 3.10 bits per heavy atom. The first-order chi connectivity index (χ1) is 4.93. The molecule has 0 bridgehead atoms. The van der Waals surface area contributed by atoms with Crippen molar-refractivity contribution in [2.24, 2.45) is 0 Å². The summed E-state index contributed by atoms with van der Waals surface area (Å²) in [4.78, 5) is 2.36. The SMILES string of the molecule is C=C=CCN1CC=CCC1. The molecular weight excluding hydrogens is 122 g/mol. The van der Waals surface area contributed by atoms with Gasteiger partial charge >= 0.3 is 0 Å². The summed E-state index contributed by atoms with van der Waals surface area (Å²) in [5, 5.41) is 0. The minimum atomic E-state index is 0.994. The molecule has 0 radical (unpaired) electrons. The second-order valence-electron chi connectivity index (χ2n) is 2.43. The van der Waals surface area contributed by atoms with Crippen LogP contribution < -0.4 is 0 Å². The molecule has 0 N–H and O–H groups in total. The third kappa shape index (κ3) is 2.22. The molecule has 1 aliphatic heterocycles. The molecule has 0 aromatic heterocycles. The van der Waals surface area contributed by atoms with Gasteiger partial charge in [-0.05, 0) is 12.5 Å². The average Bonchev–Trinajstić information content (AvgIpc) is 2.03. The van der Waals surface area contributed by atoms with Crippen molar-refractivity contribution < 1.29 is 0 Å². The fourth-order valence-electron chi connectivity index (χ4n) is 1.05. The summed E-state index contributed by atoms with van der Waals surface area (Å²) in [6, 6.07) is 0. The first-order valence-corrected chi connectivity index (χ1v) is 3.65. The zero-order valence-electron chi connectivity index (χ0n) is 6.21. The normalized spacial score (nSPS) is 18.4. The van der Waals surface area contributed by atoms with Crippen molar-refractivity contribution in [3.8, 4) is 0 Å². The lowest BCUT2D eigenvalue weighted by Gasteiger charge is -2.20. The van der Waals surface area contributed by atoms with Crippen molar-refractivity contribution in [3.05, 3.63) is 30.5 Å². The molecule has 0 fully saturated rings. The first-order valence-electron chi connectivity index (χ1n) is 3.65. The van der Waals surface area contributed by atoms with Gasteiger partial charge < -0.3 is 0 Å². The average molecular weight is 135 g/mol. The van der Waals surface area contributed by atoms with Gasteiger partial charge in [-0.25, -0.2) is 0 Å². The minimum Gasteiger partial charge on any atom is -0.295 e. The van der Waals surface area contributed by atoms with E-state index in [0.717, 1.165) is 13.1 Å². The Kier molecular flexibility index (Phi) is 3.01. The molecule has 10 heavy (non-hydrogen) atoms. The Balaban J connectivity index is 2.28. The third-order valence-corrected chi connectivity index (χ3v) is 1.64. The standard InChI is InChI=1S/C9H13N/c1-2-3-7-10-8-5-4-6-9-10/h3-5H,1,6-9H2. The van der Waals surface area contributed by atoms with E-state index in [4.69, 9.17) is 0 Å². The summed E-state index contributed by atoms with van der Waals surface area (Å²) in [5.74, 6) is 0. The van der Waals surface area contributed by atoms with Gasteiger partial charge in [-0.15, -0.1) is 5.73 Å². The van der Waals surface area contributed by atoms with Crippen LogP contribution in [0.4, 0.5) is 0 Å². The maximum Gasteiger partial charge on any atom is 0.0241 e. The van der Waals surface area contributed by atoms with Crippen molar-refractivity contribution in [2.45, 2.75) is 6.42 Å². The number of rotatable bonds is 2. The second kappa shape index (κ2) is 4.10. The largest absolute Gasteiger partial charge is 0.295 e. The van der Waals surface area contributed by atoms with Crippen LogP contribution in [-0.4, -0.2) is 24.5 Å². The zero-order valence-corrected chi connectivity index (χ0v) is 6.21. The van der Waals surface area contributed by atoms with E-state index in [0.29, 0.717) is 0 Å². The van der Waals surface area contributed by atoms with Crippen molar-refractivity contribution in [1.82, 2.24) is 4.90 Å². The molecule has 0 atom stereocenters. The fraction of sp³-hybridized carbons (Fsp3) is 0.444. The molecule has 0 amide bonds. The molecular formula is C9H13N. The Hall–Kier alpha value is -0.780. The Labute approximate surface area is 62.3 Å². The minimum absolute atomic E-state index is 0.994. The predicted molar refractivity (Wildman–Crippen MR) is 43.9 cm³/mol. The van der Waals surface area contributed by atoms with E-state index in [2.05, 4.69) is 29.4 Å². The zero-order chi connectivity index (χ0) is 7.23. The predicted octanol–water partition coefficient (Wildman–Crippen LogP) is 1.59. The van der Waals surface area contributed by atoms with Crippen LogP contribution in [0.15, 0.2) is 30.5 Å². The summed E-state index contributed by atoms with van der Waals surface area (Å²) in [5.41, 5.74) is 2.77. The summed E-state index contributed by atoms with van der Waals surface area (Å²) in [6.45, 7) is 6.77. The van der Waals surface area contributed by atoms with Gasteiger partial charge in [0.25, 0.3) is 0 Å². The van der Waals surface area contributed by atoms with Crippen LogP contribution in [0.2, 0.25) is 0 Å². The number of hydrogen-bond acceptors (Lipinski definition) is 1. The summed E-state index contributed by atoms with van der Waals surface area (Å²) < 4.78 is 0. The summed E-state index contributed by atoms with van der Waals surface area (Å²) >= 11 is 0. The Bertz CT molecular complexity index is 164. The molecule has 0 saturated heterocycles. The van der Waals surface area contributed by atoms with Crippen LogP contribution >= 0.6 is 0 Å². The number of nitrogens with zero attached hydrogens (tertiary/aromatic N) is 1. The molecule has 0 unspecified atom stereocenters. The van der Waals surface area contributed by atoms with Crippen LogP contribution in [-0.2, 0) is 0 Å². The van der Waals surface area contributed by atoms with E-state index in [1.54, 1.807) is 0 Å². The van der Waals surface area contributed by atoms with Crippen molar-refractivity contribution in [1.29, 1.82) is 0 Å². The fourth-order valence-corrected chi connectivity index (χ4v) is 1.05. The van der Waals surface area contributed by atoms with E-state index in [1.165, 1.54) is 13.0 Å². The van der Waals surface area contributed by atoms with Gasteiger partial charge in [-0.1, -0.05) is 18.7 Å². The van der Waals surface area contributed by atoms with Gasteiger partial charge in [0, 0.05) is 19.6 Å². The van der Waals surface area contributed by atoms with E-state index in [-0.39, 0.29) is 0 Å². The van der Waals surface area contributed by atoms with Crippen LogP contribution in [0.5, 0.6) is 0 Å². The lowest BCUT2D eigenvalue weighted by molar-refractivity contribution is 0.331. The first kappa shape index (κ1) is 7.33. The highest BCUT2D eigenvalue weighted by Crippen LogP contribution is 1.99. The quantitative estimate of drug-likeness (QED) is 0.410. The van der Waals surface area contributed by atoms with Crippen molar-refractivity contribution in [2.75, 3.05) is 19.6 Å². The van der Waals surface area contributed by atoms with Gasteiger partial charge in [-0.2, -0.15) is 0 Å². The van der Waals surface area contributed by atoms with E-state index >= 15 is 0 Å². The molecule has 0 saturated carbocycles. The maximum absolute atomic E-state index is 3.52. The topological polar surface area (TPSA) is 3.24 Å². The van der Waals surface area contributed by atoms with Gasteiger partial charge in [0.15, 0.2) is 0 Å². The van der Waals surface area contributed by atoms with Gasteiger partial charge in [0.1, 0.15) is 0 Å². The summed E-state index contributed by atoms with van der Waals surface area (Å²) in [6.07, 6.45) is 7.60. The maximum atomic E-state index is 3.52. The molecule has 1 aliphatic rings. The molecule has 1 nitrogen and oxygen atoms in total. The lowest BCUT2D eigenvalue weighted by Crippen LogP contribution is -2.26. The molecule has 1 heterocycles. The summed E-state index contributed by atoms with van der Waals surface area (Å²) in [7, 11) is 0. The van der Waals surface area contributed by atoms with Crippen LogP contribution in [0.3, 0.4) is 0 Å². The van der Waals surface area contributed by atoms with Crippen molar-refractivity contribution in [3.63, 3.8) is 0 Å². The molecule has 0 aromatic rings. The molecule has 1 rings (SSSR count). The van der Waals surface area contributed by atoms with E-state index in [9.17, 15) is 0 Å². The number of hydrogen-bond donors (Lipinski definition) is 0. The molecule has 54 valence electrons.